The lowest BCUT2D eigenvalue weighted by Gasteiger charge is -2.37. The molecule has 2 aromatic heterocycles. The van der Waals surface area contributed by atoms with Crippen LogP contribution < -0.4 is 14.8 Å². The molecule has 58 heavy (non-hydrogen) atoms. The number of rotatable bonds is 17. The molecule has 0 radical (unpaired) electrons. The number of benzene rings is 3. The van der Waals surface area contributed by atoms with Crippen LogP contribution in [-0.4, -0.2) is 75.9 Å². The van der Waals surface area contributed by atoms with Gasteiger partial charge in [0.25, 0.3) is 0 Å². The Hall–Kier alpha value is -4.94. The Bertz CT molecular complexity index is 2220. The number of thioether (sulfide) groups is 1. The molecule has 2 N–H and O–H groups in total. The molecule has 5 atom stereocenters. The summed E-state index contributed by atoms with van der Waals surface area (Å²) in [6.45, 7) is 6.10. The molecule has 0 aliphatic carbocycles. The van der Waals surface area contributed by atoms with Gasteiger partial charge in [-0.05, 0) is 66.4 Å². The van der Waals surface area contributed by atoms with E-state index in [0.29, 0.717) is 29.3 Å². The Morgan fingerprint density at radius 1 is 1.00 bits per heavy atom. The largest absolute Gasteiger partial charge is 0.697 e. The third-order valence-electron chi connectivity index (χ3n) is 10.7. The van der Waals surface area contributed by atoms with Crippen LogP contribution >= 0.6 is 20.0 Å². The number of halogens is 1. The van der Waals surface area contributed by atoms with Gasteiger partial charge in [0.2, 0.25) is 5.60 Å². The molecule has 16 heteroatoms. The van der Waals surface area contributed by atoms with E-state index in [1.807, 2.05) is 106 Å². The lowest BCUT2D eigenvalue weighted by molar-refractivity contribution is -0.118. The summed E-state index contributed by atoms with van der Waals surface area (Å²) in [5, 5.41) is 30.0. The van der Waals surface area contributed by atoms with E-state index in [-0.39, 0.29) is 23.2 Å². The normalized spacial score (nSPS) is 21.1. The molecule has 6 rings (SSSR count). The van der Waals surface area contributed by atoms with Crippen molar-refractivity contribution in [3.8, 4) is 17.6 Å². The summed E-state index contributed by atoms with van der Waals surface area (Å²) in [7, 11) is 0.475. The minimum absolute atomic E-state index is 0.0108. The third-order valence-corrected chi connectivity index (χ3v) is 12.7. The maximum atomic E-state index is 16.9. The Morgan fingerprint density at radius 3 is 2.17 bits per heavy atom. The molecule has 0 amide bonds. The van der Waals surface area contributed by atoms with E-state index in [1.165, 1.54) is 16.9 Å². The Labute approximate surface area is 341 Å². The molecule has 304 valence electrons. The van der Waals surface area contributed by atoms with Crippen LogP contribution in [0.5, 0.6) is 11.5 Å². The van der Waals surface area contributed by atoms with Gasteiger partial charge >= 0.3 is 8.25 Å². The SMILES string of the molecule is CCC(C)(C)C(=O)SCCO[P+](=O)OC[C@H]1O[C@@](C#N)(c2ccc3c(NC(c4ccccc4)(c4ccc(OC)cc4)c4ccc(OC)cc4)ncnn23)[C@](C)(F)[C@@H]1O. The van der Waals surface area contributed by atoms with Crippen LogP contribution in [0, 0.1) is 16.7 Å². The number of nitriles is 1. The standard InChI is InChI=1S/C42H46FN5O8PS/c1-7-39(2,3)38(50)58-24-23-54-57(51)55-25-34-36(49)40(4,43)41(26-44,56-34)35-22-21-33-37(45-27-46-48(33)35)47-42(28-11-9-8-10-12-28,29-13-17-31(52-5)18-14-29)30-15-19-32(53-6)20-16-30/h8-22,27,34,36,49H,7,23-25H2,1-6H3,(H,45,46,47)/q+1/t34-,36-,40-,41+/m1/s1. The molecule has 0 spiro atoms. The first-order valence-corrected chi connectivity index (χ1v) is 20.7. The summed E-state index contributed by atoms with van der Waals surface area (Å²) in [4.78, 5) is 17.0. The molecule has 1 aliphatic rings. The minimum Gasteiger partial charge on any atom is -0.497 e. The van der Waals surface area contributed by atoms with E-state index in [2.05, 4.69) is 15.4 Å². The lowest BCUT2D eigenvalue weighted by Crippen LogP contribution is -2.48. The van der Waals surface area contributed by atoms with Crippen molar-refractivity contribution in [2.24, 2.45) is 5.41 Å². The average Bonchev–Trinajstić information content (AvgIpc) is 3.77. The molecule has 0 saturated carbocycles. The molecule has 13 nitrogen and oxygen atoms in total. The maximum absolute atomic E-state index is 16.9. The first kappa shape index (κ1) is 42.7. The summed E-state index contributed by atoms with van der Waals surface area (Å²) in [5.74, 6) is 1.91. The van der Waals surface area contributed by atoms with E-state index >= 15 is 4.39 Å². The van der Waals surface area contributed by atoms with Crippen molar-refractivity contribution in [2.75, 3.05) is 38.5 Å². The Morgan fingerprint density at radius 2 is 1.60 bits per heavy atom. The Balaban J connectivity index is 1.32. The van der Waals surface area contributed by atoms with Crippen molar-refractivity contribution in [1.82, 2.24) is 14.6 Å². The van der Waals surface area contributed by atoms with Gasteiger partial charge in [-0.15, -0.1) is 9.05 Å². The first-order chi connectivity index (χ1) is 27.8. The number of aliphatic hydroxyl groups excluding tert-OH is 1. The first-order valence-electron chi connectivity index (χ1n) is 18.6. The van der Waals surface area contributed by atoms with Crippen molar-refractivity contribution in [1.29, 1.82) is 5.26 Å². The molecule has 1 saturated heterocycles. The van der Waals surface area contributed by atoms with Gasteiger partial charge in [-0.3, -0.25) is 4.79 Å². The summed E-state index contributed by atoms with van der Waals surface area (Å²) in [5.41, 5.74) is -3.79. The van der Waals surface area contributed by atoms with Gasteiger partial charge in [-0.1, -0.05) is 87.1 Å². The van der Waals surface area contributed by atoms with Crippen LogP contribution in [0.1, 0.15) is 56.5 Å². The number of nitrogens with zero attached hydrogens (tertiary/aromatic N) is 4. The summed E-state index contributed by atoms with van der Waals surface area (Å²) in [6, 6.07) is 30.1. The summed E-state index contributed by atoms with van der Waals surface area (Å²) in [6.07, 6.45) is -1.34. The van der Waals surface area contributed by atoms with Gasteiger partial charge in [0.1, 0.15) is 60.4 Å². The lowest BCUT2D eigenvalue weighted by atomic mass is 9.77. The van der Waals surface area contributed by atoms with Crippen molar-refractivity contribution in [3.63, 3.8) is 0 Å². The number of carbonyl (C=O) groups is 1. The minimum atomic E-state index is -2.72. The van der Waals surface area contributed by atoms with Crippen LogP contribution in [0.4, 0.5) is 10.2 Å². The van der Waals surface area contributed by atoms with Crippen LogP contribution in [0.25, 0.3) is 5.52 Å². The fraction of sp³-hybridized carbons (Fsp3) is 0.381. The average molecular weight is 831 g/mol. The van der Waals surface area contributed by atoms with Gasteiger partial charge in [0.05, 0.1) is 19.9 Å². The highest BCUT2D eigenvalue weighted by atomic mass is 32.2. The van der Waals surface area contributed by atoms with Crippen molar-refractivity contribution >= 4 is 36.5 Å². The monoisotopic (exact) mass is 830 g/mol. The number of fused-ring (bicyclic) bond motifs is 1. The van der Waals surface area contributed by atoms with Gasteiger partial charge < -0.3 is 24.6 Å². The van der Waals surface area contributed by atoms with Gasteiger partial charge in [0, 0.05) is 15.7 Å². The van der Waals surface area contributed by atoms with Crippen molar-refractivity contribution in [2.45, 2.75) is 63.1 Å². The van der Waals surface area contributed by atoms with Crippen LogP contribution in [-0.2, 0) is 34.3 Å². The summed E-state index contributed by atoms with van der Waals surface area (Å²) >= 11 is 1.07. The van der Waals surface area contributed by atoms with Crippen LogP contribution in [0.3, 0.4) is 0 Å². The number of carbonyl (C=O) groups excluding carboxylic acids is 1. The van der Waals surface area contributed by atoms with E-state index < -0.39 is 49.3 Å². The number of nitrogens with one attached hydrogen (secondary N) is 1. The van der Waals surface area contributed by atoms with E-state index in [4.69, 9.17) is 23.3 Å². The number of hydrogen-bond acceptors (Lipinski definition) is 13. The zero-order valence-corrected chi connectivity index (χ0v) is 34.8. The number of anilines is 1. The van der Waals surface area contributed by atoms with Crippen LogP contribution in [0.15, 0.2) is 97.3 Å². The topological polar surface area (TPSA) is 167 Å². The maximum Gasteiger partial charge on any atom is 0.697 e. The second-order valence-corrected chi connectivity index (χ2v) is 16.5. The number of aliphatic hydroxyl groups is 1. The molecular formula is C42H46FN5O8PS+. The number of hydrogen-bond donors (Lipinski definition) is 2. The second kappa shape index (κ2) is 17.5. The van der Waals surface area contributed by atoms with Crippen LogP contribution in [0.2, 0.25) is 0 Å². The Kier molecular flexibility index (Phi) is 12.9. The molecule has 5 aromatic rings. The van der Waals surface area contributed by atoms with Gasteiger partial charge in [0.15, 0.2) is 16.6 Å². The van der Waals surface area contributed by atoms with E-state index in [0.717, 1.165) is 35.4 Å². The van der Waals surface area contributed by atoms with Crippen molar-refractivity contribution < 1.29 is 42.1 Å². The highest BCUT2D eigenvalue weighted by molar-refractivity contribution is 8.13. The quantitative estimate of drug-likeness (QED) is 0.0531. The van der Waals surface area contributed by atoms with E-state index in [9.17, 15) is 19.7 Å². The zero-order valence-electron chi connectivity index (χ0n) is 33.0. The van der Waals surface area contributed by atoms with E-state index in [1.54, 1.807) is 20.3 Å². The third kappa shape index (κ3) is 7.93. The highest BCUT2D eigenvalue weighted by Gasteiger charge is 2.67. The molecule has 0 bridgehead atoms. The fourth-order valence-corrected chi connectivity index (χ4v) is 8.51. The molecule has 3 aromatic carbocycles. The van der Waals surface area contributed by atoms with Gasteiger partial charge in [-0.2, -0.15) is 10.4 Å². The number of ether oxygens (including phenoxy) is 3. The molecule has 3 heterocycles. The molecule has 1 unspecified atom stereocenters. The molecule has 1 aliphatic heterocycles. The predicted molar refractivity (Wildman–Crippen MR) is 218 cm³/mol. The number of aromatic nitrogens is 3. The predicted octanol–water partition coefficient (Wildman–Crippen LogP) is 7.74. The molecule has 1 fully saturated rings. The number of alkyl halides is 1. The van der Waals surface area contributed by atoms with Gasteiger partial charge in [-0.25, -0.2) is 13.9 Å². The summed E-state index contributed by atoms with van der Waals surface area (Å²) < 4.78 is 58.5. The molecular weight excluding hydrogens is 785 g/mol. The highest BCUT2D eigenvalue weighted by Crippen LogP contribution is 2.50. The van der Waals surface area contributed by atoms with Crippen molar-refractivity contribution in [3.05, 3.63) is 120 Å². The zero-order chi connectivity index (χ0) is 41.7. The fourth-order valence-electron chi connectivity index (χ4n) is 6.91. The second-order valence-electron chi connectivity index (χ2n) is 14.5. The number of methoxy groups -OCH3 is 2. The smallest absolute Gasteiger partial charge is 0.497 e.